The minimum Gasteiger partial charge on any atom is -0.451 e. The Labute approximate surface area is 150 Å². The highest BCUT2D eigenvalue weighted by molar-refractivity contribution is 7.89. The van der Waals surface area contributed by atoms with Gasteiger partial charge in [0.1, 0.15) is 0 Å². The average Bonchev–Trinajstić information content (AvgIpc) is 3.16. The normalized spacial score (nSPS) is 11.5. The Morgan fingerprint density at radius 1 is 1.27 bits per heavy atom. The van der Waals surface area contributed by atoms with Gasteiger partial charge in [0, 0.05) is 30.6 Å². The van der Waals surface area contributed by atoms with Crippen LogP contribution in [0.3, 0.4) is 0 Å². The number of nitrogens with two attached hydrogens (primary N) is 1. The second-order valence-corrected chi connectivity index (χ2v) is 7.08. The van der Waals surface area contributed by atoms with E-state index < -0.39 is 27.7 Å². The van der Waals surface area contributed by atoms with E-state index in [1.54, 1.807) is 20.1 Å². The van der Waals surface area contributed by atoms with Crippen molar-refractivity contribution in [1.29, 1.82) is 0 Å². The highest BCUT2D eigenvalue weighted by Crippen LogP contribution is 2.17. The zero-order valence-corrected chi connectivity index (χ0v) is 15.5. The number of hydrogen-bond donors (Lipinski definition) is 1. The van der Waals surface area contributed by atoms with Gasteiger partial charge in [-0.3, -0.25) is 4.79 Å². The molecule has 0 saturated carbocycles. The van der Waals surface area contributed by atoms with Crippen molar-refractivity contribution < 1.29 is 31.9 Å². The molecule has 0 saturated heterocycles. The fraction of sp³-hybridized carbons (Fsp3) is 0.375. The summed E-state index contributed by atoms with van der Waals surface area (Å²) in [6, 6.07) is 3.87. The first-order valence-corrected chi connectivity index (χ1v) is 9.18. The third-order valence-electron chi connectivity index (χ3n) is 3.79. The third kappa shape index (κ3) is 4.40. The van der Waals surface area contributed by atoms with Crippen molar-refractivity contribution in [2.75, 3.05) is 20.3 Å². The standard InChI is InChI=1S/C16H20N2O7S/c1-10-8-12(11(2)18(10)6-7-23-3)13(19)9-24-16(20)14-4-5-15(25-14)26(17,21)22/h4-5,8H,6-7,9H2,1-3H3,(H2,17,21,22). The second-order valence-electron chi connectivity index (χ2n) is 5.59. The summed E-state index contributed by atoms with van der Waals surface area (Å²) in [5.74, 6) is -1.69. The van der Waals surface area contributed by atoms with E-state index in [-0.39, 0.29) is 11.5 Å². The number of Topliss-reactive ketones (excluding diaryl/α,β-unsaturated/α-hetero) is 1. The maximum atomic E-state index is 12.3. The first kappa shape index (κ1) is 19.9. The lowest BCUT2D eigenvalue weighted by molar-refractivity contribution is 0.0438. The van der Waals surface area contributed by atoms with Crippen molar-refractivity contribution in [1.82, 2.24) is 4.57 Å². The highest BCUT2D eigenvalue weighted by Gasteiger charge is 2.21. The number of rotatable bonds is 8. The third-order valence-corrected chi connectivity index (χ3v) is 4.57. The fourth-order valence-corrected chi connectivity index (χ4v) is 2.94. The van der Waals surface area contributed by atoms with Crippen LogP contribution in [0, 0.1) is 13.8 Å². The van der Waals surface area contributed by atoms with E-state index in [4.69, 9.17) is 19.0 Å². The quantitative estimate of drug-likeness (QED) is 0.531. The van der Waals surface area contributed by atoms with E-state index in [1.165, 1.54) is 0 Å². The van der Waals surface area contributed by atoms with Crippen LogP contribution >= 0.6 is 0 Å². The summed E-state index contributed by atoms with van der Waals surface area (Å²) in [4.78, 5) is 24.2. The van der Waals surface area contributed by atoms with Gasteiger partial charge in [-0.15, -0.1) is 0 Å². The van der Waals surface area contributed by atoms with Crippen LogP contribution in [0.15, 0.2) is 27.7 Å². The van der Waals surface area contributed by atoms with Gasteiger partial charge in [-0.05, 0) is 32.0 Å². The number of methoxy groups -OCH3 is 1. The molecule has 142 valence electrons. The van der Waals surface area contributed by atoms with E-state index in [0.29, 0.717) is 18.7 Å². The monoisotopic (exact) mass is 384 g/mol. The van der Waals surface area contributed by atoms with Gasteiger partial charge in [0.15, 0.2) is 6.61 Å². The number of hydrogen-bond acceptors (Lipinski definition) is 7. The lowest BCUT2D eigenvalue weighted by Crippen LogP contribution is -2.15. The van der Waals surface area contributed by atoms with Crippen LogP contribution < -0.4 is 5.14 Å². The molecular weight excluding hydrogens is 364 g/mol. The number of aromatic nitrogens is 1. The summed E-state index contributed by atoms with van der Waals surface area (Å²) in [6.07, 6.45) is 0. The Kier molecular flexibility index (Phi) is 6.01. The first-order valence-electron chi connectivity index (χ1n) is 7.63. The van der Waals surface area contributed by atoms with Crippen LogP contribution in [-0.4, -0.2) is 45.1 Å². The van der Waals surface area contributed by atoms with Gasteiger partial charge in [0.25, 0.3) is 10.0 Å². The van der Waals surface area contributed by atoms with E-state index in [1.807, 2.05) is 11.5 Å². The van der Waals surface area contributed by atoms with Gasteiger partial charge < -0.3 is 18.5 Å². The summed E-state index contributed by atoms with van der Waals surface area (Å²) in [6.45, 7) is 4.26. The van der Waals surface area contributed by atoms with Crippen molar-refractivity contribution >= 4 is 21.8 Å². The Bertz CT molecular complexity index is 925. The predicted octanol–water partition coefficient (Wildman–Crippen LogP) is 1.03. The van der Waals surface area contributed by atoms with E-state index in [2.05, 4.69) is 0 Å². The number of carbonyl (C=O) groups excluding carboxylic acids is 2. The lowest BCUT2D eigenvalue weighted by Gasteiger charge is -2.08. The summed E-state index contributed by atoms with van der Waals surface area (Å²) < 4.78 is 39.0. The number of carbonyl (C=O) groups is 2. The van der Waals surface area contributed by atoms with Crippen molar-refractivity contribution in [3.8, 4) is 0 Å². The molecule has 26 heavy (non-hydrogen) atoms. The number of aryl methyl sites for hydroxylation is 1. The molecule has 0 amide bonds. The van der Waals surface area contributed by atoms with E-state index >= 15 is 0 Å². The molecule has 10 heteroatoms. The first-order chi connectivity index (χ1) is 12.1. The van der Waals surface area contributed by atoms with Crippen LogP contribution in [0.5, 0.6) is 0 Å². The molecule has 0 radical (unpaired) electrons. The molecule has 2 aromatic heterocycles. The number of ether oxygens (including phenoxy) is 2. The van der Waals surface area contributed by atoms with Crippen LogP contribution in [0.2, 0.25) is 0 Å². The molecule has 9 nitrogen and oxygen atoms in total. The van der Waals surface area contributed by atoms with Crippen LogP contribution in [-0.2, 0) is 26.0 Å². The number of sulfonamides is 1. The van der Waals surface area contributed by atoms with Crippen molar-refractivity contribution in [2.45, 2.75) is 25.5 Å². The Balaban J connectivity index is 2.04. The smallest absolute Gasteiger partial charge is 0.374 e. The molecule has 0 atom stereocenters. The summed E-state index contributed by atoms with van der Waals surface area (Å²) in [7, 11) is -2.47. The fourth-order valence-electron chi connectivity index (χ4n) is 2.47. The maximum Gasteiger partial charge on any atom is 0.374 e. The number of ketones is 1. The largest absolute Gasteiger partial charge is 0.451 e. The molecule has 0 aliphatic heterocycles. The highest BCUT2D eigenvalue weighted by atomic mass is 32.2. The molecule has 0 aromatic carbocycles. The van der Waals surface area contributed by atoms with Crippen molar-refractivity contribution in [3.63, 3.8) is 0 Å². The van der Waals surface area contributed by atoms with Crippen LogP contribution in [0.4, 0.5) is 0 Å². The molecule has 2 heterocycles. The molecule has 2 N–H and O–H groups in total. The van der Waals surface area contributed by atoms with Gasteiger partial charge in [-0.2, -0.15) is 0 Å². The van der Waals surface area contributed by atoms with Gasteiger partial charge in [0.05, 0.1) is 6.61 Å². The van der Waals surface area contributed by atoms with Gasteiger partial charge in [-0.25, -0.2) is 18.4 Å². The van der Waals surface area contributed by atoms with E-state index in [0.717, 1.165) is 23.5 Å². The SMILES string of the molecule is COCCn1c(C)cc(C(=O)COC(=O)c2ccc(S(N)(=O)=O)o2)c1C. The van der Waals surface area contributed by atoms with E-state index in [9.17, 15) is 18.0 Å². The number of primary sulfonamides is 1. The second kappa shape index (κ2) is 7.85. The Hall–Kier alpha value is -2.43. The minimum absolute atomic E-state index is 0.354. The zero-order chi connectivity index (χ0) is 19.5. The van der Waals surface area contributed by atoms with Gasteiger partial charge in [0.2, 0.25) is 16.6 Å². The van der Waals surface area contributed by atoms with Crippen molar-refractivity contribution in [2.24, 2.45) is 5.14 Å². The molecule has 0 spiro atoms. The maximum absolute atomic E-state index is 12.3. The molecule has 0 fully saturated rings. The number of nitrogens with zero attached hydrogens (tertiary/aromatic N) is 1. The molecule has 0 aliphatic carbocycles. The van der Waals surface area contributed by atoms with Crippen LogP contribution in [0.25, 0.3) is 0 Å². The molecule has 0 unspecified atom stereocenters. The Morgan fingerprint density at radius 3 is 2.54 bits per heavy atom. The number of furan rings is 1. The summed E-state index contributed by atoms with van der Waals surface area (Å²) in [5.41, 5.74) is 2.07. The van der Waals surface area contributed by atoms with Crippen LogP contribution in [0.1, 0.15) is 32.3 Å². The lowest BCUT2D eigenvalue weighted by atomic mass is 10.1. The van der Waals surface area contributed by atoms with Gasteiger partial charge >= 0.3 is 5.97 Å². The minimum atomic E-state index is -4.06. The molecule has 0 aliphatic rings. The summed E-state index contributed by atoms with van der Waals surface area (Å²) >= 11 is 0. The molecular formula is C16H20N2O7S. The topological polar surface area (TPSA) is 131 Å². The molecule has 2 rings (SSSR count). The average molecular weight is 384 g/mol. The molecule has 0 bridgehead atoms. The summed E-state index contributed by atoms with van der Waals surface area (Å²) in [5, 5.41) is 4.34. The zero-order valence-electron chi connectivity index (χ0n) is 14.6. The number of esters is 1. The predicted molar refractivity (Wildman–Crippen MR) is 90.5 cm³/mol. The van der Waals surface area contributed by atoms with Crippen molar-refractivity contribution in [3.05, 3.63) is 40.9 Å². The van der Waals surface area contributed by atoms with Gasteiger partial charge in [-0.1, -0.05) is 0 Å². The Morgan fingerprint density at radius 2 is 1.96 bits per heavy atom. The molecule has 2 aromatic rings.